The van der Waals surface area contributed by atoms with Crippen LogP contribution in [0.2, 0.25) is 0 Å². The highest BCUT2D eigenvalue weighted by atomic mass is 16.5. The van der Waals surface area contributed by atoms with Gasteiger partial charge in [-0.3, -0.25) is 4.90 Å². The van der Waals surface area contributed by atoms with Gasteiger partial charge in [-0.2, -0.15) is 5.10 Å². The summed E-state index contributed by atoms with van der Waals surface area (Å²) in [5.41, 5.74) is 10.3. The van der Waals surface area contributed by atoms with Crippen LogP contribution in [0.15, 0.2) is 36.5 Å². The van der Waals surface area contributed by atoms with Gasteiger partial charge in [-0.25, -0.2) is 9.67 Å². The van der Waals surface area contributed by atoms with Crippen LogP contribution in [-0.4, -0.2) is 46.4 Å². The van der Waals surface area contributed by atoms with Gasteiger partial charge in [0.05, 0.1) is 19.3 Å². The number of ether oxygens (including phenoxy) is 1. The van der Waals surface area contributed by atoms with Crippen LogP contribution < -0.4 is 10.5 Å². The van der Waals surface area contributed by atoms with E-state index in [0.29, 0.717) is 19.0 Å². The molecule has 0 unspecified atom stereocenters. The van der Waals surface area contributed by atoms with Gasteiger partial charge in [0.25, 0.3) is 0 Å². The van der Waals surface area contributed by atoms with Crippen LogP contribution in [0.1, 0.15) is 29.2 Å². The summed E-state index contributed by atoms with van der Waals surface area (Å²) < 4.78 is 7.53. The molecule has 1 saturated heterocycles. The number of nitrogens with two attached hydrogens (primary N) is 1. The smallest absolute Gasteiger partial charge is 0.158 e. The van der Waals surface area contributed by atoms with Crippen LogP contribution in [0.25, 0.3) is 11.0 Å². The molecular weight excluding hydrogens is 338 g/mol. The van der Waals surface area contributed by atoms with E-state index in [2.05, 4.69) is 41.1 Å². The average molecular weight is 365 g/mol. The summed E-state index contributed by atoms with van der Waals surface area (Å²) in [5, 5.41) is 6.03. The van der Waals surface area contributed by atoms with E-state index >= 15 is 0 Å². The maximum atomic E-state index is 5.75. The lowest BCUT2D eigenvalue weighted by molar-refractivity contribution is 0.316. The zero-order valence-electron chi connectivity index (χ0n) is 16.1. The number of pyridine rings is 1. The first kappa shape index (κ1) is 17.9. The summed E-state index contributed by atoms with van der Waals surface area (Å²) in [7, 11) is 1.74. The third-order valence-electron chi connectivity index (χ3n) is 5.37. The van der Waals surface area contributed by atoms with E-state index in [0.717, 1.165) is 48.5 Å². The topological polar surface area (TPSA) is 69.2 Å². The number of benzene rings is 1. The summed E-state index contributed by atoms with van der Waals surface area (Å²) in [6, 6.07) is 10.6. The SMILES string of the molecule is COc1cc(C)ccc1CN1CC[C@@H](c2nn(CCN)c3ncccc23)C1. The predicted molar refractivity (Wildman–Crippen MR) is 107 cm³/mol. The molecule has 142 valence electrons. The Balaban J connectivity index is 1.54. The number of rotatable bonds is 6. The molecule has 2 aromatic heterocycles. The number of hydrogen-bond donors (Lipinski definition) is 1. The van der Waals surface area contributed by atoms with Crippen molar-refractivity contribution in [3.05, 3.63) is 53.3 Å². The van der Waals surface area contributed by atoms with Gasteiger partial charge in [-0.05, 0) is 43.7 Å². The Morgan fingerprint density at radius 2 is 2.19 bits per heavy atom. The molecule has 6 heteroatoms. The summed E-state index contributed by atoms with van der Waals surface area (Å²) in [6.45, 7) is 6.32. The first-order valence-corrected chi connectivity index (χ1v) is 9.57. The first-order valence-electron chi connectivity index (χ1n) is 9.57. The van der Waals surface area contributed by atoms with Crippen LogP contribution in [0, 0.1) is 6.92 Å². The molecule has 1 atom stereocenters. The number of likely N-dealkylation sites (tertiary alicyclic amines) is 1. The predicted octanol–water partition coefficient (Wildman–Crippen LogP) is 2.70. The van der Waals surface area contributed by atoms with E-state index in [1.165, 1.54) is 11.1 Å². The van der Waals surface area contributed by atoms with Crippen LogP contribution in [0.5, 0.6) is 5.75 Å². The highest BCUT2D eigenvalue weighted by Gasteiger charge is 2.28. The third-order valence-corrected chi connectivity index (χ3v) is 5.37. The van der Waals surface area contributed by atoms with Gasteiger partial charge in [0.15, 0.2) is 5.65 Å². The zero-order chi connectivity index (χ0) is 18.8. The van der Waals surface area contributed by atoms with Gasteiger partial charge in [-0.15, -0.1) is 0 Å². The molecule has 1 aromatic carbocycles. The average Bonchev–Trinajstić information content (AvgIpc) is 3.28. The van der Waals surface area contributed by atoms with Crippen molar-refractivity contribution in [2.24, 2.45) is 5.73 Å². The molecule has 0 saturated carbocycles. The van der Waals surface area contributed by atoms with E-state index < -0.39 is 0 Å². The number of fused-ring (bicyclic) bond motifs is 1. The Hall–Kier alpha value is -2.44. The Bertz CT molecular complexity index is 935. The fraction of sp³-hybridized carbons (Fsp3) is 0.429. The van der Waals surface area contributed by atoms with Crippen molar-refractivity contribution < 1.29 is 4.74 Å². The number of methoxy groups -OCH3 is 1. The molecule has 1 fully saturated rings. The minimum absolute atomic E-state index is 0.423. The fourth-order valence-corrected chi connectivity index (χ4v) is 4.04. The van der Waals surface area contributed by atoms with Crippen molar-refractivity contribution in [1.82, 2.24) is 19.7 Å². The molecule has 6 nitrogen and oxygen atoms in total. The quantitative estimate of drug-likeness (QED) is 0.727. The van der Waals surface area contributed by atoms with Gasteiger partial charge in [0.2, 0.25) is 0 Å². The van der Waals surface area contributed by atoms with Crippen molar-refractivity contribution in [3.8, 4) is 5.75 Å². The molecule has 27 heavy (non-hydrogen) atoms. The number of aromatic nitrogens is 3. The Kier molecular flexibility index (Phi) is 5.09. The molecule has 4 rings (SSSR count). The second kappa shape index (κ2) is 7.66. The molecule has 0 bridgehead atoms. The van der Waals surface area contributed by atoms with E-state index in [9.17, 15) is 0 Å². The molecule has 0 spiro atoms. The number of nitrogens with zero attached hydrogens (tertiary/aromatic N) is 4. The van der Waals surface area contributed by atoms with Crippen molar-refractivity contribution in [2.75, 3.05) is 26.7 Å². The Labute approximate surface area is 159 Å². The maximum Gasteiger partial charge on any atom is 0.158 e. The molecule has 1 aliphatic rings. The van der Waals surface area contributed by atoms with Crippen LogP contribution in [0.4, 0.5) is 0 Å². The summed E-state index contributed by atoms with van der Waals surface area (Å²) >= 11 is 0. The molecule has 3 aromatic rings. The van der Waals surface area contributed by atoms with Crippen molar-refractivity contribution in [2.45, 2.75) is 32.4 Å². The zero-order valence-corrected chi connectivity index (χ0v) is 16.1. The van der Waals surface area contributed by atoms with Gasteiger partial charge in [-0.1, -0.05) is 12.1 Å². The largest absolute Gasteiger partial charge is 0.496 e. The Morgan fingerprint density at radius 1 is 1.30 bits per heavy atom. The minimum atomic E-state index is 0.423. The molecule has 1 aliphatic heterocycles. The lowest BCUT2D eigenvalue weighted by Gasteiger charge is -2.18. The van der Waals surface area contributed by atoms with E-state index in [1.54, 1.807) is 7.11 Å². The normalized spacial score (nSPS) is 17.7. The summed E-state index contributed by atoms with van der Waals surface area (Å²) in [4.78, 5) is 7.01. The molecule has 0 aliphatic carbocycles. The van der Waals surface area contributed by atoms with Gasteiger partial charge in [0.1, 0.15) is 5.75 Å². The molecule has 0 amide bonds. The minimum Gasteiger partial charge on any atom is -0.496 e. The van der Waals surface area contributed by atoms with Gasteiger partial charge in [0, 0.05) is 42.7 Å². The standard InChI is InChI=1S/C21H27N5O/c1-15-5-6-16(19(12-15)27-2)13-25-10-7-17(14-25)20-18-4-3-9-23-21(18)26(24-20)11-8-22/h3-6,9,12,17H,7-8,10-11,13-14,22H2,1-2H3/t17-/m1/s1. The van der Waals surface area contributed by atoms with Gasteiger partial charge >= 0.3 is 0 Å². The maximum absolute atomic E-state index is 5.75. The van der Waals surface area contributed by atoms with Crippen molar-refractivity contribution in [1.29, 1.82) is 0 Å². The van der Waals surface area contributed by atoms with Crippen molar-refractivity contribution >= 4 is 11.0 Å². The second-order valence-electron chi connectivity index (χ2n) is 7.31. The second-order valence-corrected chi connectivity index (χ2v) is 7.31. The van der Waals surface area contributed by atoms with Crippen LogP contribution >= 0.6 is 0 Å². The summed E-state index contributed by atoms with van der Waals surface area (Å²) in [5.74, 6) is 1.40. The monoisotopic (exact) mass is 365 g/mol. The molecule has 0 radical (unpaired) electrons. The van der Waals surface area contributed by atoms with E-state index in [4.69, 9.17) is 15.6 Å². The number of hydrogen-bond acceptors (Lipinski definition) is 5. The fourth-order valence-electron chi connectivity index (χ4n) is 4.04. The molecular formula is C21H27N5O. The highest BCUT2D eigenvalue weighted by molar-refractivity contribution is 5.78. The van der Waals surface area contributed by atoms with E-state index in [1.807, 2.05) is 16.9 Å². The molecule has 2 N–H and O–H groups in total. The lowest BCUT2D eigenvalue weighted by Crippen LogP contribution is -2.20. The third kappa shape index (κ3) is 3.55. The van der Waals surface area contributed by atoms with Crippen molar-refractivity contribution in [3.63, 3.8) is 0 Å². The summed E-state index contributed by atoms with van der Waals surface area (Å²) in [6.07, 6.45) is 2.93. The van der Waals surface area contributed by atoms with Gasteiger partial charge < -0.3 is 10.5 Å². The van der Waals surface area contributed by atoms with E-state index in [-0.39, 0.29) is 0 Å². The highest BCUT2D eigenvalue weighted by Crippen LogP contribution is 2.33. The van der Waals surface area contributed by atoms with Crippen LogP contribution in [-0.2, 0) is 13.1 Å². The molecule has 3 heterocycles. The van der Waals surface area contributed by atoms with Crippen LogP contribution in [0.3, 0.4) is 0 Å². The lowest BCUT2D eigenvalue weighted by atomic mass is 10.0. The number of aryl methyl sites for hydroxylation is 1. The Morgan fingerprint density at radius 3 is 3.00 bits per heavy atom. The first-order chi connectivity index (χ1) is 13.2.